The Labute approximate surface area is 82.0 Å². The molecule has 0 aliphatic heterocycles. The van der Waals surface area contributed by atoms with Crippen molar-refractivity contribution in [1.29, 1.82) is 0 Å². The van der Waals surface area contributed by atoms with Gasteiger partial charge < -0.3 is 0 Å². The summed E-state index contributed by atoms with van der Waals surface area (Å²) in [5.41, 5.74) is 2.10. The summed E-state index contributed by atoms with van der Waals surface area (Å²) < 4.78 is 0. The number of rotatable bonds is 0. The molecule has 0 radical (unpaired) electrons. The van der Waals surface area contributed by atoms with Crippen LogP contribution in [0.2, 0.25) is 0 Å². The van der Waals surface area contributed by atoms with E-state index in [1.165, 1.54) is 0 Å². The van der Waals surface area contributed by atoms with E-state index < -0.39 is 0 Å². The van der Waals surface area contributed by atoms with Crippen LogP contribution in [0, 0.1) is 0 Å². The Bertz CT molecular complexity index is 550. The van der Waals surface area contributed by atoms with Crippen molar-refractivity contribution in [2.75, 3.05) is 0 Å². The fourth-order valence-corrected chi connectivity index (χ4v) is 1.77. The second-order valence-electron chi connectivity index (χ2n) is 3.47. The van der Waals surface area contributed by atoms with Crippen LogP contribution in [0.15, 0.2) is 18.2 Å². The van der Waals surface area contributed by atoms with Crippen LogP contribution >= 0.6 is 0 Å². The fourth-order valence-electron chi connectivity index (χ4n) is 1.77. The molecule has 2 nitrogen and oxygen atoms in total. The molecule has 0 N–H and O–H groups in total. The van der Waals surface area contributed by atoms with Gasteiger partial charge in [-0.2, -0.15) is 0 Å². The van der Waals surface area contributed by atoms with E-state index in [1.807, 2.05) is 12.2 Å². The Balaban J connectivity index is 2.37. The number of fused-ring (bicyclic) bond motifs is 2. The second kappa shape index (κ2) is 2.91. The molecule has 2 heteroatoms. The molecule has 1 aromatic rings. The molecule has 0 amide bonds. The average Bonchev–Trinajstić information content (AvgIpc) is 2.26. The van der Waals surface area contributed by atoms with Crippen LogP contribution in [0.3, 0.4) is 0 Å². The zero-order chi connectivity index (χ0) is 9.38. The minimum absolute atomic E-state index is 0.906. The molecule has 0 atom stereocenters. The van der Waals surface area contributed by atoms with Crippen molar-refractivity contribution in [3.63, 3.8) is 0 Å². The van der Waals surface area contributed by atoms with Crippen LogP contribution in [-0.2, 0) is 6.42 Å². The number of hydrogen-bond acceptors (Lipinski definition) is 2. The molecular weight excluding hydrogens is 172 g/mol. The van der Waals surface area contributed by atoms with Gasteiger partial charge in [-0.15, -0.1) is 0 Å². The highest BCUT2D eigenvalue weighted by molar-refractivity contribution is 5.53. The SMILES string of the molecule is C1=CCc2nc3c(nc2=C1)C=CCC=3. The highest BCUT2D eigenvalue weighted by Gasteiger charge is 2.04. The Morgan fingerprint density at radius 2 is 2.07 bits per heavy atom. The van der Waals surface area contributed by atoms with Crippen molar-refractivity contribution < 1.29 is 0 Å². The maximum absolute atomic E-state index is 4.60. The van der Waals surface area contributed by atoms with Gasteiger partial charge in [0.25, 0.3) is 0 Å². The Hall–Kier alpha value is -1.70. The summed E-state index contributed by atoms with van der Waals surface area (Å²) in [5, 5.41) is 2.06. The standard InChI is InChI=1S/C12H10N2/c1-2-6-10-9(5-1)13-11-7-3-4-8-12(11)14-10/h1-3,5,7-8H,4,6H2. The Morgan fingerprint density at radius 3 is 3.07 bits per heavy atom. The number of nitrogens with zero attached hydrogens (tertiary/aromatic N) is 2. The predicted octanol–water partition coefficient (Wildman–Crippen LogP) is 0.567. The van der Waals surface area contributed by atoms with Crippen molar-refractivity contribution in [3.8, 4) is 0 Å². The molecule has 0 spiro atoms. The molecule has 1 aromatic heterocycles. The summed E-state index contributed by atoms with van der Waals surface area (Å²) in [6.45, 7) is 0. The van der Waals surface area contributed by atoms with Gasteiger partial charge in [-0.3, -0.25) is 0 Å². The number of aromatic nitrogens is 2. The second-order valence-corrected chi connectivity index (χ2v) is 3.47. The van der Waals surface area contributed by atoms with Gasteiger partial charge in [0.05, 0.1) is 22.1 Å². The zero-order valence-corrected chi connectivity index (χ0v) is 7.77. The van der Waals surface area contributed by atoms with Crippen LogP contribution < -0.4 is 10.7 Å². The molecule has 14 heavy (non-hydrogen) atoms. The van der Waals surface area contributed by atoms with E-state index in [9.17, 15) is 0 Å². The lowest BCUT2D eigenvalue weighted by atomic mass is 10.1. The summed E-state index contributed by atoms with van der Waals surface area (Å²) >= 11 is 0. The number of hydrogen-bond donors (Lipinski definition) is 0. The van der Waals surface area contributed by atoms with Gasteiger partial charge >= 0.3 is 0 Å². The molecule has 0 saturated carbocycles. The van der Waals surface area contributed by atoms with Crippen LogP contribution in [-0.4, -0.2) is 9.97 Å². The van der Waals surface area contributed by atoms with Crippen molar-refractivity contribution in [3.05, 3.63) is 40.3 Å². The highest BCUT2D eigenvalue weighted by Crippen LogP contribution is 2.00. The van der Waals surface area contributed by atoms with E-state index >= 15 is 0 Å². The quantitative estimate of drug-likeness (QED) is 0.586. The zero-order valence-electron chi connectivity index (χ0n) is 7.77. The van der Waals surface area contributed by atoms with E-state index in [2.05, 4.69) is 34.3 Å². The third kappa shape index (κ3) is 1.11. The molecule has 0 saturated heterocycles. The highest BCUT2D eigenvalue weighted by atomic mass is 14.8. The predicted molar refractivity (Wildman–Crippen MR) is 56.7 cm³/mol. The van der Waals surface area contributed by atoms with Crippen molar-refractivity contribution >= 4 is 18.2 Å². The third-order valence-corrected chi connectivity index (χ3v) is 2.48. The molecule has 0 aromatic carbocycles. The maximum atomic E-state index is 4.60. The van der Waals surface area contributed by atoms with Gasteiger partial charge in [-0.05, 0) is 18.6 Å². The van der Waals surface area contributed by atoms with Crippen LogP contribution in [0.1, 0.15) is 17.8 Å². The van der Waals surface area contributed by atoms with Gasteiger partial charge in [0.15, 0.2) is 0 Å². The lowest BCUT2D eigenvalue weighted by molar-refractivity contribution is 0.966. The largest absolute Gasteiger partial charge is 0.249 e. The van der Waals surface area contributed by atoms with E-state index in [0.717, 1.165) is 34.9 Å². The fraction of sp³-hybridized carbons (Fsp3) is 0.167. The lowest BCUT2D eigenvalue weighted by Gasteiger charge is -2.06. The summed E-state index contributed by atoms with van der Waals surface area (Å²) in [7, 11) is 0. The van der Waals surface area contributed by atoms with Crippen molar-refractivity contribution in [2.45, 2.75) is 12.8 Å². The van der Waals surface area contributed by atoms with Crippen molar-refractivity contribution in [2.24, 2.45) is 0 Å². The smallest absolute Gasteiger partial charge is 0.0888 e. The minimum Gasteiger partial charge on any atom is -0.249 e. The van der Waals surface area contributed by atoms with Gasteiger partial charge in [-0.1, -0.05) is 24.3 Å². The Kier molecular flexibility index (Phi) is 1.60. The van der Waals surface area contributed by atoms with E-state index in [0.29, 0.717) is 0 Å². The molecule has 68 valence electrons. The topological polar surface area (TPSA) is 25.8 Å². The van der Waals surface area contributed by atoms with Crippen LogP contribution in [0.4, 0.5) is 0 Å². The molecule has 1 heterocycles. The minimum atomic E-state index is 0.906. The molecule has 0 unspecified atom stereocenters. The monoisotopic (exact) mass is 182 g/mol. The van der Waals surface area contributed by atoms with E-state index in [-0.39, 0.29) is 0 Å². The summed E-state index contributed by atoms with van der Waals surface area (Å²) in [4.78, 5) is 9.17. The first-order valence-corrected chi connectivity index (χ1v) is 4.84. The molecule has 2 aliphatic carbocycles. The van der Waals surface area contributed by atoms with Crippen molar-refractivity contribution in [1.82, 2.24) is 9.97 Å². The van der Waals surface area contributed by atoms with Gasteiger partial charge in [0, 0.05) is 6.42 Å². The summed E-state index contributed by atoms with van der Waals surface area (Å²) in [6.07, 6.45) is 14.3. The Morgan fingerprint density at radius 1 is 1.07 bits per heavy atom. The molecule has 3 rings (SSSR count). The summed E-state index contributed by atoms with van der Waals surface area (Å²) in [6, 6.07) is 0. The first-order valence-electron chi connectivity index (χ1n) is 4.84. The first-order chi connectivity index (χ1) is 6.93. The van der Waals surface area contributed by atoms with Gasteiger partial charge in [0.2, 0.25) is 0 Å². The summed E-state index contributed by atoms with van der Waals surface area (Å²) in [5.74, 6) is 0. The lowest BCUT2D eigenvalue weighted by Crippen LogP contribution is -2.28. The molecular formula is C12H10N2. The number of allylic oxidation sites excluding steroid dienone is 3. The molecule has 0 bridgehead atoms. The van der Waals surface area contributed by atoms with Gasteiger partial charge in [-0.25, -0.2) is 9.97 Å². The maximum Gasteiger partial charge on any atom is 0.0888 e. The van der Waals surface area contributed by atoms with E-state index in [1.54, 1.807) is 0 Å². The molecule has 0 fully saturated rings. The third-order valence-electron chi connectivity index (χ3n) is 2.48. The van der Waals surface area contributed by atoms with Crippen LogP contribution in [0.25, 0.3) is 18.2 Å². The first kappa shape index (κ1) is 7.68. The van der Waals surface area contributed by atoms with Crippen LogP contribution in [0.5, 0.6) is 0 Å². The average molecular weight is 182 g/mol. The van der Waals surface area contributed by atoms with E-state index in [4.69, 9.17) is 0 Å². The van der Waals surface area contributed by atoms with Gasteiger partial charge in [0.1, 0.15) is 0 Å². The molecule has 2 aliphatic rings. The normalized spacial score (nSPS) is 16.6.